The van der Waals surface area contributed by atoms with Crippen molar-refractivity contribution in [2.24, 2.45) is 5.92 Å². The van der Waals surface area contributed by atoms with E-state index in [0.29, 0.717) is 0 Å². The minimum atomic E-state index is 0.139. The number of rotatable bonds is 8. The zero-order valence-corrected chi connectivity index (χ0v) is 21.7. The molecule has 36 heavy (non-hydrogen) atoms. The minimum absolute atomic E-state index is 0.139. The molecule has 0 atom stereocenters. The number of carbonyl (C=O) groups is 1. The van der Waals surface area contributed by atoms with Crippen LogP contribution in [0.1, 0.15) is 38.5 Å². The van der Waals surface area contributed by atoms with Crippen LogP contribution in [-0.2, 0) is 4.79 Å². The molecular formula is C28H39N7O. The van der Waals surface area contributed by atoms with Crippen LogP contribution in [0.15, 0.2) is 42.9 Å². The Morgan fingerprint density at radius 3 is 2.53 bits per heavy atom. The first kappa shape index (κ1) is 24.6. The lowest BCUT2D eigenvalue weighted by molar-refractivity contribution is -0.131. The fourth-order valence-corrected chi connectivity index (χ4v) is 5.53. The lowest BCUT2D eigenvalue weighted by atomic mass is 9.87. The highest BCUT2D eigenvalue weighted by Crippen LogP contribution is 2.30. The molecule has 1 aliphatic heterocycles. The van der Waals surface area contributed by atoms with Crippen molar-refractivity contribution in [1.82, 2.24) is 24.2 Å². The van der Waals surface area contributed by atoms with Crippen molar-refractivity contribution < 1.29 is 4.79 Å². The van der Waals surface area contributed by atoms with Gasteiger partial charge in [-0.05, 0) is 31.0 Å². The van der Waals surface area contributed by atoms with Gasteiger partial charge in [-0.1, -0.05) is 44.2 Å². The van der Waals surface area contributed by atoms with Gasteiger partial charge in [-0.3, -0.25) is 19.1 Å². The van der Waals surface area contributed by atoms with Crippen molar-refractivity contribution in [3.05, 3.63) is 42.9 Å². The Labute approximate surface area is 214 Å². The van der Waals surface area contributed by atoms with E-state index in [9.17, 15) is 4.79 Å². The van der Waals surface area contributed by atoms with Gasteiger partial charge in [0.1, 0.15) is 11.5 Å². The van der Waals surface area contributed by atoms with E-state index in [0.717, 1.165) is 60.5 Å². The Kier molecular flexibility index (Phi) is 7.70. The van der Waals surface area contributed by atoms with E-state index in [-0.39, 0.29) is 12.5 Å². The van der Waals surface area contributed by atoms with Gasteiger partial charge in [0.25, 0.3) is 0 Å². The molecule has 2 aliphatic rings. The average Bonchev–Trinajstić information content (AvgIpc) is 3.30. The highest BCUT2D eigenvalue weighted by molar-refractivity contribution is 5.84. The molecule has 1 aromatic carbocycles. The monoisotopic (exact) mass is 489 g/mol. The number of imidazole rings is 1. The molecule has 3 heterocycles. The first-order valence-electron chi connectivity index (χ1n) is 13.4. The van der Waals surface area contributed by atoms with Crippen LogP contribution in [0.25, 0.3) is 16.9 Å². The first-order chi connectivity index (χ1) is 17.6. The summed E-state index contributed by atoms with van der Waals surface area (Å²) < 4.78 is 1.97. The van der Waals surface area contributed by atoms with E-state index in [1.54, 1.807) is 12.4 Å². The Morgan fingerprint density at radius 2 is 1.81 bits per heavy atom. The lowest BCUT2D eigenvalue weighted by Gasteiger charge is -2.35. The predicted molar refractivity (Wildman–Crippen MR) is 145 cm³/mol. The van der Waals surface area contributed by atoms with Crippen LogP contribution in [0.2, 0.25) is 0 Å². The van der Waals surface area contributed by atoms with Crippen molar-refractivity contribution >= 4 is 23.1 Å². The SMILES string of the molecule is CN(C)c1ccc(-c2nc3cnccn3c2NCC(=O)N2CCN(CCC3CCCCC3)CC2)cc1. The van der Waals surface area contributed by atoms with Gasteiger partial charge in [-0.25, -0.2) is 4.98 Å². The first-order valence-corrected chi connectivity index (χ1v) is 13.4. The van der Waals surface area contributed by atoms with E-state index < -0.39 is 0 Å². The van der Waals surface area contributed by atoms with Crippen molar-refractivity contribution in [1.29, 1.82) is 0 Å². The second-order valence-electron chi connectivity index (χ2n) is 10.4. The maximum absolute atomic E-state index is 13.1. The summed E-state index contributed by atoms with van der Waals surface area (Å²) in [4.78, 5) is 28.8. The van der Waals surface area contributed by atoms with Crippen LogP contribution in [0.4, 0.5) is 11.5 Å². The van der Waals surface area contributed by atoms with Gasteiger partial charge < -0.3 is 15.1 Å². The van der Waals surface area contributed by atoms with Crippen LogP contribution < -0.4 is 10.2 Å². The molecule has 2 aromatic heterocycles. The molecular weight excluding hydrogens is 450 g/mol. The van der Waals surface area contributed by atoms with Crippen LogP contribution in [0.5, 0.6) is 0 Å². The smallest absolute Gasteiger partial charge is 0.242 e. The summed E-state index contributed by atoms with van der Waals surface area (Å²) in [5.41, 5.74) is 3.72. The number of piperazine rings is 1. The third-order valence-corrected chi connectivity index (χ3v) is 7.80. The number of nitrogens with one attached hydrogen (secondary N) is 1. The minimum Gasteiger partial charge on any atom is -0.378 e. The second kappa shape index (κ2) is 11.3. The number of amides is 1. The molecule has 8 nitrogen and oxygen atoms in total. The molecule has 5 rings (SSSR count). The molecule has 1 saturated carbocycles. The molecule has 3 aromatic rings. The van der Waals surface area contributed by atoms with Crippen molar-refractivity contribution in [2.75, 3.05) is 63.6 Å². The highest BCUT2D eigenvalue weighted by Gasteiger charge is 2.23. The lowest BCUT2D eigenvalue weighted by Crippen LogP contribution is -2.50. The summed E-state index contributed by atoms with van der Waals surface area (Å²) in [5.74, 6) is 1.88. The molecule has 0 unspecified atom stereocenters. The summed E-state index contributed by atoms with van der Waals surface area (Å²) in [6.07, 6.45) is 13.7. The van der Waals surface area contributed by atoms with Crippen LogP contribution >= 0.6 is 0 Å². The van der Waals surface area contributed by atoms with Gasteiger partial charge in [0.05, 0.1) is 12.7 Å². The molecule has 0 bridgehead atoms. The molecule has 1 saturated heterocycles. The van der Waals surface area contributed by atoms with Gasteiger partial charge in [0.2, 0.25) is 5.91 Å². The third-order valence-electron chi connectivity index (χ3n) is 7.80. The largest absolute Gasteiger partial charge is 0.378 e. The van der Waals surface area contributed by atoms with E-state index in [4.69, 9.17) is 4.98 Å². The molecule has 0 spiro atoms. The quantitative estimate of drug-likeness (QED) is 0.516. The van der Waals surface area contributed by atoms with E-state index in [2.05, 4.69) is 44.4 Å². The predicted octanol–water partition coefficient (Wildman–Crippen LogP) is 3.99. The molecule has 1 aliphatic carbocycles. The topological polar surface area (TPSA) is 69.0 Å². The van der Waals surface area contributed by atoms with Crippen molar-refractivity contribution in [2.45, 2.75) is 38.5 Å². The van der Waals surface area contributed by atoms with Crippen LogP contribution in [0.3, 0.4) is 0 Å². The number of carbonyl (C=O) groups excluding carboxylic acids is 1. The van der Waals surface area contributed by atoms with Crippen molar-refractivity contribution in [3.8, 4) is 11.3 Å². The summed E-state index contributed by atoms with van der Waals surface area (Å²) >= 11 is 0. The number of anilines is 2. The van der Waals surface area contributed by atoms with Crippen molar-refractivity contribution in [3.63, 3.8) is 0 Å². The molecule has 1 amide bonds. The fraction of sp³-hybridized carbons (Fsp3) is 0.536. The fourth-order valence-electron chi connectivity index (χ4n) is 5.53. The molecule has 192 valence electrons. The second-order valence-corrected chi connectivity index (χ2v) is 10.4. The summed E-state index contributed by atoms with van der Waals surface area (Å²) in [6, 6.07) is 8.31. The van der Waals surface area contributed by atoms with Crippen LogP contribution in [-0.4, -0.2) is 83.4 Å². The van der Waals surface area contributed by atoms with E-state index in [1.807, 2.05) is 29.6 Å². The number of hydrogen-bond acceptors (Lipinski definition) is 6. The number of benzene rings is 1. The Bertz CT molecular complexity index is 1140. The van der Waals surface area contributed by atoms with Gasteiger partial charge in [-0.15, -0.1) is 0 Å². The van der Waals surface area contributed by atoms with E-state index >= 15 is 0 Å². The number of hydrogen-bond donors (Lipinski definition) is 1. The standard InChI is InChI=1S/C28H39N7O/c1-32(2)24-10-8-23(9-11-24)27-28(35-15-13-29-20-25(35)31-27)30-21-26(36)34-18-16-33(17-19-34)14-12-22-6-4-3-5-7-22/h8-11,13,15,20,22,30H,3-7,12,14,16-19,21H2,1-2H3. The zero-order chi connectivity index (χ0) is 24.9. The number of fused-ring (bicyclic) bond motifs is 1. The summed E-state index contributed by atoms with van der Waals surface area (Å²) in [5, 5.41) is 3.41. The maximum Gasteiger partial charge on any atom is 0.242 e. The molecule has 2 fully saturated rings. The van der Waals surface area contributed by atoms with E-state index in [1.165, 1.54) is 45.1 Å². The van der Waals surface area contributed by atoms with Gasteiger partial charge in [-0.2, -0.15) is 0 Å². The van der Waals surface area contributed by atoms with Gasteiger partial charge in [0, 0.05) is 63.9 Å². The van der Waals surface area contributed by atoms with Gasteiger partial charge in [0.15, 0.2) is 5.65 Å². The average molecular weight is 490 g/mol. The Hall–Kier alpha value is -3.13. The highest BCUT2D eigenvalue weighted by atomic mass is 16.2. The van der Waals surface area contributed by atoms with Crippen LogP contribution in [0, 0.1) is 5.92 Å². The Balaban J connectivity index is 1.20. The molecule has 8 heteroatoms. The summed E-state index contributed by atoms with van der Waals surface area (Å²) in [7, 11) is 4.06. The molecule has 1 N–H and O–H groups in total. The summed E-state index contributed by atoms with van der Waals surface area (Å²) in [6.45, 7) is 4.99. The maximum atomic E-state index is 13.1. The molecule has 0 radical (unpaired) electrons. The zero-order valence-electron chi connectivity index (χ0n) is 21.7. The Morgan fingerprint density at radius 1 is 1.06 bits per heavy atom. The van der Waals surface area contributed by atoms with Gasteiger partial charge >= 0.3 is 0 Å². The number of aromatic nitrogens is 3. The normalized spacial score (nSPS) is 17.4. The third kappa shape index (κ3) is 5.64. The number of nitrogens with zero attached hydrogens (tertiary/aromatic N) is 6.